The van der Waals surface area contributed by atoms with E-state index in [1.807, 2.05) is 60.0 Å². The maximum absolute atomic E-state index is 15.1. The summed E-state index contributed by atoms with van der Waals surface area (Å²) in [5.41, 5.74) is 2.28. The molecule has 2 aliphatic rings. The van der Waals surface area contributed by atoms with Crippen LogP contribution in [0.15, 0.2) is 48.5 Å². The lowest BCUT2D eigenvalue weighted by molar-refractivity contribution is -0.137. The third-order valence-corrected chi connectivity index (χ3v) is 7.22. The fourth-order valence-electron chi connectivity index (χ4n) is 5.07. The van der Waals surface area contributed by atoms with Gasteiger partial charge in [-0.2, -0.15) is 0 Å². The molecule has 8 heteroatoms. The first-order valence-electron chi connectivity index (χ1n) is 13.0. The Bertz CT molecular complexity index is 1020. The summed E-state index contributed by atoms with van der Waals surface area (Å²) in [6.45, 7) is 9.29. The van der Waals surface area contributed by atoms with Crippen LogP contribution in [0.25, 0.3) is 0 Å². The number of hydrogen-bond donors (Lipinski definition) is 1. The number of carbonyl (C=O) groups is 2. The molecule has 194 valence electrons. The van der Waals surface area contributed by atoms with E-state index in [1.165, 1.54) is 6.07 Å². The van der Waals surface area contributed by atoms with E-state index in [-0.39, 0.29) is 29.6 Å². The van der Waals surface area contributed by atoms with Crippen molar-refractivity contribution in [1.29, 1.82) is 0 Å². The topological polar surface area (TPSA) is 65.1 Å². The van der Waals surface area contributed by atoms with Gasteiger partial charge < -0.3 is 19.9 Å². The molecule has 0 aliphatic carbocycles. The minimum absolute atomic E-state index is 0.0414. The maximum atomic E-state index is 15.1. The van der Waals surface area contributed by atoms with Crippen molar-refractivity contribution in [3.63, 3.8) is 0 Å². The Morgan fingerprint density at radius 2 is 1.81 bits per heavy atom. The minimum atomic E-state index is -0.339. The molecule has 36 heavy (non-hydrogen) atoms. The van der Waals surface area contributed by atoms with Gasteiger partial charge in [-0.1, -0.05) is 36.4 Å². The summed E-state index contributed by atoms with van der Waals surface area (Å²) in [5.74, 6) is -0.335. The standard InChI is InChI=1S/C28H37FN4O3/c1-3-31(4-2)28(35)26(22-8-6-5-7-9-22)33-15-13-32(14-16-33)25-11-10-21(18-24(25)29)19-30-27(34)23-12-17-36-20-23/h5-11,18,23,26H,3-4,12-17,19-20H2,1-2H3,(H,30,34)/t23?,26-/m0/s1. The highest BCUT2D eigenvalue weighted by atomic mass is 19.1. The first-order chi connectivity index (χ1) is 17.5. The van der Waals surface area contributed by atoms with Gasteiger partial charge in [-0.05, 0) is 43.5 Å². The summed E-state index contributed by atoms with van der Waals surface area (Å²) in [7, 11) is 0. The van der Waals surface area contributed by atoms with Crippen molar-refractivity contribution in [2.24, 2.45) is 5.92 Å². The molecule has 2 saturated heterocycles. The van der Waals surface area contributed by atoms with E-state index in [9.17, 15) is 9.59 Å². The van der Waals surface area contributed by atoms with E-state index in [4.69, 9.17) is 4.74 Å². The lowest BCUT2D eigenvalue weighted by Gasteiger charge is -2.41. The van der Waals surface area contributed by atoms with Gasteiger partial charge in [0.05, 0.1) is 18.2 Å². The van der Waals surface area contributed by atoms with Crippen molar-refractivity contribution in [2.75, 3.05) is 57.4 Å². The first-order valence-corrected chi connectivity index (χ1v) is 13.0. The monoisotopic (exact) mass is 496 g/mol. The van der Waals surface area contributed by atoms with E-state index in [2.05, 4.69) is 10.2 Å². The number of anilines is 1. The molecule has 7 nitrogen and oxygen atoms in total. The highest BCUT2D eigenvalue weighted by Crippen LogP contribution is 2.28. The lowest BCUT2D eigenvalue weighted by atomic mass is 10.0. The summed E-state index contributed by atoms with van der Waals surface area (Å²) >= 11 is 0. The average molecular weight is 497 g/mol. The minimum Gasteiger partial charge on any atom is -0.381 e. The Labute approximate surface area is 213 Å². The lowest BCUT2D eigenvalue weighted by Crippen LogP contribution is -2.52. The zero-order chi connectivity index (χ0) is 25.5. The molecule has 0 radical (unpaired) electrons. The number of benzene rings is 2. The molecule has 2 heterocycles. The molecule has 1 N–H and O–H groups in total. The molecule has 0 bridgehead atoms. The van der Waals surface area contributed by atoms with Crippen LogP contribution in [-0.4, -0.2) is 74.1 Å². The van der Waals surface area contributed by atoms with Crippen LogP contribution in [0.3, 0.4) is 0 Å². The van der Waals surface area contributed by atoms with Crippen molar-refractivity contribution >= 4 is 17.5 Å². The summed E-state index contributed by atoms with van der Waals surface area (Å²) in [6.07, 6.45) is 0.733. The molecular formula is C28H37FN4O3. The van der Waals surface area contributed by atoms with Gasteiger partial charge in [0, 0.05) is 52.4 Å². The summed E-state index contributed by atoms with van der Waals surface area (Å²) in [4.78, 5) is 31.7. The Hall–Kier alpha value is -2.97. The van der Waals surface area contributed by atoms with E-state index in [0.717, 1.165) is 17.5 Å². The van der Waals surface area contributed by atoms with Crippen molar-refractivity contribution in [1.82, 2.24) is 15.1 Å². The predicted molar refractivity (Wildman–Crippen MR) is 138 cm³/mol. The first kappa shape index (κ1) is 26.1. The van der Waals surface area contributed by atoms with Crippen LogP contribution in [-0.2, 0) is 20.9 Å². The second-order valence-corrected chi connectivity index (χ2v) is 9.41. The van der Waals surface area contributed by atoms with Gasteiger partial charge in [-0.15, -0.1) is 0 Å². The molecule has 2 aromatic rings. The van der Waals surface area contributed by atoms with Gasteiger partial charge in [0.1, 0.15) is 11.9 Å². The molecule has 0 aromatic heterocycles. The van der Waals surface area contributed by atoms with Gasteiger partial charge in [-0.3, -0.25) is 14.5 Å². The van der Waals surface area contributed by atoms with Gasteiger partial charge in [0.2, 0.25) is 11.8 Å². The van der Waals surface area contributed by atoms with Crippen LogP contribution in [0.4, 0.5) is 10.1 Å². The number of piperazine rings is 1. The molecule has 2 atom stereocenters. The van der Waals surface area contributed by atoms with Crippen molar-refractivity contribution in [3.8, 4) is 0 Å². The molecule has 2 amide bonds. The Balaban J connectivity index is 1.39. The second-order valence-electron chi connectivity index (χ2n) is 9.41. The molecule has 0 saturated carbocycles. The molecule has 2 fully saturated rings. The van der Waals surface area contributed by atoms with Crippen molar-refractivity contribution in [3.05, 3.63) is 65.5 Å². The van der Waals surface area contributed by atoms with Gasteiger partial charge in [0.15, 0.2) is 0 Å². The highest BCUT2D eigenvalue weighted by molar-refractivity contribution is 5.83. The SMILES string of the molecule is CCN(CC)C(=O)[C@H](c1ccccc1)N1CCN(c2ccc(CNC(=O)C3CCOC3)cc2F)CC1. The number of hydrogen-bond acceptors (Lipinski definition) is 5. The van der Waals surface area contributed by atoms with Crippen molar-refractivity contribution < 1.29 is 18.7 Å². The summed E-state index contributed by atoms with van der Waals surface area (Å²) < 4.78 is 20.3. The summed E-state index contributed by atoms with van der Waals surface area (Å²) in [5, 5.41) is 2.89. The Morgan fingerprint density at radius 3 is 2.42 bits per heavy atom. The molecular weight excluding hydrogens is 459 g/mol. The number of halogens is 1. The van der Waals surface area contributed by atoms with Crippen LogP contribution in [0.2, 0.25) is 0 Å². The third-order valence-electron chi connectivity index (χ3n) is 7.22. The van der Waals surface area contributed by atoms with Gasteiger partial charge in [-0.25, -0.2) is 4.39 Å². The van der Waals surface area contributed by atoms with E-state index < -0.39 is 0 Å². The number of nitrogens with one attached hydrogen (secondary N) is 1. The zero-order valence-electron chi connectivity index (χ0n) is 21.3. The van der Waals surface area contributed by atoms with Crippen LogP contribution in [0.1, 0.15) is 37.4 Å². The Morgan fingerprint density at radius 1 is 1.08 bits per heavy atom. The second kappa shape index (κ2) is 12.3. The van der Waals surface area contributed by atoms with Crippen LogP contribution in [0, 0.1) is 11.7 Å². The quantitative estimate of drug-likeness (QED) is 0.578. The molecule has 2 aliphatic heterocycles. The maximum Gasteiger partial charge on any atom is 0.244 e. The molecule has 4 rings (SSSR count). The fourth-order valence-corrected chi connectivity index (χ4v) is 5.07. The smallest absolute Gasteiger partial charge is 0.244 e. The number of rotatable bonds is 9. The predicted octanol–water partition coefficient (Wildman–Crippen LogP) is 3.21. The normalized spacial score (nSPS) is 19.2. The van der Waals surface area contributed by atoms with Gasteiger partial charge >= 0.3 is 0 Å². The molecule has 0 spiro atoms. The Kier molecular flexibility index (Phi) is 8.93. The third kappa shape index (κ3) is 6.05. The van der Waals surface area contributed by atoms with E-state index in [1.54, 1.807) is 6.07 Å². The average Bonchev–Trinajstić information content (AvgIpc) is 3.45. The number of nitrogens with zero attached hydrogens (tertiary/aromatic N) is 3. The van der Waals surface area contributed by atoms with E-state index in [0.29, 0.717) is 64.7 Å². The number of amides is 2. The molecule has 2 aromatic carbocycles. The van der Waals surface area contributed by atoms with E-state index >= 15 is 4.39 Å². The largest absolute Gasteiger partial charge is 0.381 e. The van der Waals surface area contributed by atoms with Crippen LogP contribution >= 0.6 is 0 Å². The van der Waals surface area contributed by atoms with Crippen LogP contribution in [0.5, 0.6) is 0 Å². The summed E-state index contributed by atoms with van der Waals surface area (Å²) in [6, 6.07) is 14.7. The van der Waals surface area contributed by atoms with Crippen LogP contribution < -0.4 is 10.2 Å². The number of ether oxygens (including phenoxy) is 1. The van der Waals surface area contributed by atoms with Crippen molar-refractivity contribution in [2.45, 2.75) is 32.9 Å². The highest BCUT2D eigenvalue weighted by Gasteiger charge is 2.33. The number of likely N-dealkylation sites (N-methyl/N-ethyl adjacent to an activating group) is 1. The number of carbonyl (C=O) groups excluding carboxylic acids is 2. The molecule has 1 unspecified atom stereocenters. The zero-order valence-corrected chi connectivity index (χ0v) is 21.3. The van der Waals surface area contributed by atoms with Gasteiger partial charge in [0.25, 0.3) is 0 Å². The fraction of sp³-hybridized carbons (Fsp3) is 0.500.